The number of benzene rings is 1. The second kappa shape index (κ2) is 6.82. The summed E-state index contributed by atoms with van der Waals surface area (Å²) >= 11 is 1.88. The minimum atomic E-state index is 0.0244. The minimum absolute atomic E-state index is 0.0244. The van der Waals surface area contributed by atoms with Gasteiger partial charge in [0, 0.05) is 35.6 Å². The average molecular weight is 389 g/mol. The molecular formula is C23H24N4S. The molecule has 0 N–H and O–H groups in total. The van der Waals surface area contributed by atoms with E-state index in [1.54, 1.807) is 0 Å². The van der Waals surface area contributed by atoms with E-state index in [0.29, 0.717) is 5.25 Å². The molecule has 3 atom stereocenters. The van der Waals surface area contributed by atoms with Gasteiger partial charge in [-0.15, -0.1) is 0 Å². The molecule has 0 radical (unpaired) electrons. The Morgan fingerprint density at radius 2 is 1.93 bits per heavy atom. The van der Waals surface area contributed by atoms with Gasteiger partial charge in [-0.1, -0.05) is 30.8 Å². The van der Waals surface area contributed by atoms with Crippen molar-refractivity contribution in [3.63, 3.8) is 0 Å². The molecule has 1 saturated heterocycles. The van der Waals surface area contributed by atoms with Crippen molar-refractivity contribution in [2.75, 3.05) is 6.54 Å². The molecule has 0 amide bonds. The Balaban J connectivity index is 1.61. The third-order valence-corrected chi connectivity index (χ3v) is 6.84. The lowest BCUT2D eigenvalue weighted by molar-refractivity contribution is 0.312. The molecule has 1 aromatic carbocycles. The number of rotatable bonds is 3. The summed E-state index contributed by atoms with van der Waals surface area (Å²) in [6.07, 6.45) is 4.04. The summed E-state index contributed by atoms with van der Waals surface area (Å²) in [5.41, 5.74) is 6.14. The quantitative estimate of drug-likeness (QED) is 0.627. The van der Waals surface area contributed by atoms with Crippen LogP contribution in [0.2, 0.25) is 0 Å². The van der Waals surface area contributed by atoms with E-state index in [0.717, 1.165) is 17.4 Å². The third kappa shape index (κ3) is 2.85. The van der Waals surface area contributed by atoms with Crippen molar-refractivity contribution in [1.82, 2.24) is 14.5 Å². The van der Waals surface area contributed by atoms with Crippen molar-refractivity contribution in [3.8, 4) is 5.69 Å². The zero-order chi connectivity index (χ0) is 19.3. The molecule has 0 bridgehead atoms. The van der Waals surface area contributed by atoms with Gasteiger partial charge in [0.05, 0.1) is 11.7 Å². The molecule has 2 aliphatic heterocycles. The molecule has 142 valence electrons. The van der Waals surface area contributed by atoms with Gasteiger partial charge in [0.25, 0.3) is 0 Å². The Hall–Kier alpha value is -2.53. The van der Waals surface area contributed by atoms with Crippen molar-refractivity contribution < 1.29 is 0 Å². The van der Waals surface area contributed by atoms with Crippen LogP contribution in [0, 0.1) is 13.8 Å². The highest BCUT2D eigenvalue weighted by Crippen LogP contribution is 2.47. The van der Waals surface area contributed by atoms with Gasteiger partial charge >= 0.3 is 0 Å². The second-order valence-corrected chi connectivity index (χ2v) is 9.11. The van der Waals surface area contributed by atoms with Gasteiger partial charge in [-0.3, -0.25) is 9.98 Å². The predicted octanol–water partition coefficient (Wildman–Crippen LogP) is 5.08. The maximum Gasteiger partial charge on any atom is 0.160 e. The fraction of sp³-hybridized carbons (Fsp3) is 0.304. The van der Waals surface area contributed by atoms with Crippen LogP contribution < -0.4 is 0 Å². The Morgan fingerprint density at radius 1 is 1.04 bits per heavy atom. The largest absolute Gasteiger partial charge is 0.339 e. The van der Waals surface area contributed by atoms with E-state index < -0.39 is 0 Å². The molecular weight excluding hydrogens is 364 g/mol. The van der Waals surface area contributed by atoms with Crippen LogP contribution >= 0.6 is 11.8 Å². The lowest BCUT2D eigenvalue weighted by atomic mass is 10.0. The molecule has 0 unspecified atom stereocenters. The van der Waals surface area contributed by atoms with Gasteiger partial charge in [0.1, 0.15) is 6.04 Å². The van der Waals surface area contributed by atoms with Crippen LogP contribution in [0.3, 0.4) is 0 Å². The number of amidine groups is 1. The van der Waals surface area contributed by atoms with Crippen LogP contribution in [0.15, 0.2) is 65.9 Å². The van der Waals surface area contributed by atoms with Gasteiger partial charge in [0.15, 0.2) is 5.17 Å². The maximum absolute atomic E-state index is 5.10. The first kappa shape index (κ1) is 17.6. The van der Waals surface area contributed by atoms with Gasteiger partial charge in [-0.25, -0.2) is 0 Å². The van der Waals surface area contributed by atoms with Crippen molar-refractivity contribution in [2.24, 2.45) is 4.99 Å². The molecule has 28 heavy (non-hydrogen) atoms. The SMILES string of the molecule is Cc1ccc(-n2cccc2[C@@H]2[C@@H](c3ccccn3)N=C3S[C@@H](C)CN32)cc1C. The summed E-state index contributed by atoms with van der Waals surface area (Å²) in [6, 6.07) is 17.4. The Morgan fingerprint density at radius 3 is 2.71 bits per heavy atom. The topological polar surface area (TPSA) is 33.4 Å². The highest BCUT2D eigenvalue weighted by molar-refractivity contribution is 8.14. The summed E-state index contributed by atoms with van der Waals surface area (Å²) in [6.45, 7) is 7.64. The molecule has 4 heterocycles. The predicted molar refractivity (Wildman–Crippen MR) is 116 cm³/mol. The number of aliphatic imine (C=N–C) groups is 1. The molecule has 1 fully saturated rings. The maximum atomic E-state index is 5.10. The number of thioether (sulfide) groups is 1. The fourth-order valence-corrected chi connectivity index (χ4v) is 5.28. The Kier molecular flexibility index (Phi) is 4.27. The van der Waals surface area contributed by atoms with E-state index in [-0.39, 0.29) is 12.1 Å². The van der Waals surface area contributed by atoms with Gasteiger partial charge < -0.3 is 9.47 Å². The molecule has 5 rings (SSSR count). The van der Waals surface area contributed by atoms with Crippen LogP contribution in [-0.4, -0.2) is 31.4 Å². The van der Waals surface area contributed by atoms with Crippen LogP contribution in [0.25, 0.3) is 5.69 Å². The normalized spacial score (nSPS) is 23.8. The highest BCUT2D eigenvalue weighted by Gasteiger charge is 2.44. The van der Waals surface area contributed by atoms with Crippen LogP contribution in [0.4, 0.5) is 0 Å². The lowest BCUT2D eigenvalue weighted by Crippen LogP contribution is -2.30. The zero-order valence-corrected chi connectivity index (χ0v) is 17.2. The first-order valence-electron chi connectivity index (χ1n) is 9.79. The second-order valence-electron chi connectivity index (χ2n) is 7.71. The van der Waals surface area contributed by atoms with Crippen molar-refractivity contribution in [3.05, 3.63) is 83.4 Å². The summed E-state index contributed by atoms with van der Waals surface area (Å²) in [5.74, 6) is 0. The van der Waals surface area contributed by atoms with Crippen molar-refractivity contribution in [1.29, 1.82) is 0 Å². The molecule has 3 aromatic rings. The van der Waals surface area contributed by atoms with E-state index in [4.69, 9.17) is 4.99 Å². The monoisotopic (exact) mass is 388 g/mol. The summed E-state index contributed by atoms with van der Waals surface area (Å²) in [7, 11) is 0. The third-order valence-electron chi connectivity index (χ3n) is 5.73. The molecule has 0 aliphatic carbocycles. The van der Waals surface area contributed by atoms with E-state index in [1.807, 2.05) is 24.0 Å². The van der Waals surface area contributed by atoms with E-state index >= 15 is 0 Å². The average Bonchev–Trinajstić information content (AvgIpc) is 3.38. The van der Waals surface area contributed by atoms with Crippen molar-refractivity contribution >= 4 is 16.9 Å². The zero-order valence-electron chi connectivity index (χ0n) is 16.4. The van der Waals surface area contributed by atoms with Gasteiger partial charge in [0.2, 0.25) is 0 Å². The number of aromatic nitrogens is 2. The standard InChI is InChI=1S/C23H24N4S/c1-15-9-10-18(13-16(15)2)26-12-6-8-20(26)22-21(19-7-4-5-11-24-19)25-23-27(22)14-17(3)28-23/h4-13,17,21-22H,14H2,1-3H3/t17-,21+,22+/m0/s1. The van der Waals surface area contributed by atoms with E-state index in [9.17, 15) is 0 Å². The molecule has 0 spiro atoms. The van der Waals surface area contributed by atoms with Gasteiger partial charge in [-0.05, 0) is 61.4 Å². The number of nitrogens with zero attached hydrogens (tertiary/aromatic N) is 4. The summed E-state index contributed by atoms with van der Waals surface area (Å²) < 4.78 is 2.32. The highest BCUT2D eigenvalue weighted by atomic mass is 32.2. The van der Waals surface area contributed by atoms with Gasteiger partial charge in [-0.2, -0.15) is 0 Å². The molecule has 0 saturated carbocycles. The summed E-state index contributed by atoms with van der Waals surface area (Å²) in [4.78, 5) is 12.2. The number of hydrogen-bond donors (Lipinski definition) is 0. The van der Waals surface area contributed by atoms with E-state index in [2.05, 4.69) is 83.9 Å². The molecule has 2 aliphatic rings. The minimum Gasteiger partial charge on any atom is -0.339 e. The van der Waals surface area contributed by atoms with Crippen LogP contribution in [0.5, 0.6) is 0 Å². The lowest BCUT2D eigenvalue weighted by Gasteiger charge is -2.28. The molecule has 2 aromatic heterocycles. The number of hydrogen-bond acceptors (Lipinski definition) is 4. The van der Waals surface area contributed by atoms with Crippen LogP contribution in [0.1, 0.15) is 41.5 Å². The number of pyridine rings is 1. The summed E-state index contributed by atoms with van der Waals surface area (Å²) in [5, 5.41) is 1.72. The molecule has 4 nitrogen and oxygen atoms in total. The first-order valence-corrected chi connectivity index (χ1v) is 10.7. The Bertz CT molecular complexity index is 1040. The Labute approximate surface area is 170 Å². The number of fused-ring (bicyclic) bond motifs is 1. The van der Waals surface area contributed by atoms with Crippen molar-refractivity contribution in [2.45, 2.75) is 38.1 Å². The van der Waals surface area contributed by atoms with Crippen LogP contribution in [-0.2, 0) is 0 Å². The van der Waals surface area contributed by atoms with E-state index in [1.165, 1.54) is 22.5 Å². The smallest absolute Gasteiger partial charge is 0.160 e. The first-order chi connectivity index (χ1) is 13.6. The number of aryl methyl sites for hydroxylation is 2. The molecule has 5 heteroatoms. The fourth-order valence-electron chi connectivity index (χ4n) is 4.18.